The molecule has 334 valence electrons. The third-order valence-corrected chi connectivity index (χ3v) is 10.2. The fourth-order valence-corrected chi connectivity index (χ4v) is 6.52. The molecular formula is C55H91NO3. The Labute approximate surface area is 365 Å². The van der Waals surface area contributed by atoms with E-state index < -0.39 is 12.1 Å². The fraction of sp³-hybridized carbons (Fsp3) is 0.618. The lowest BCUT2D eigenvalue weighted by molar-refractivity contribution is -0.123. The van der Waals surface area contributed by atoms with Gasteiger partial charge in [-0.25, -0.2) is 0 Å². The number of amides is 1. The first kappa shape index (κ1) is 55.8. The summed E-state index contributed by atoms with van der Waals surface area (Å²) in [5.41, 5.74) is 0. The molecule has 0 saturated carbocycles. The van der Waals surface area contributed by atoms with E-state index in [1.165, 1.54) is 83.5 Å². The van der Waals surface area contributed by atoms with Crippen LogP contribution in [-0.4, -0.2) is 34.9 Å². The van der Waals surface area contributed by atoms with Crippen molar-refractivity contribution in [1.29, 1.82) is 0 Å². The molecule has 4 heteroatoms. The quantitative estimate of drug-likeness (QED) is 0.0425. The number of allylic oxidation sites excluding steroid dienone is 19. The molecule has 0 heterocycles. The van der Waals surface area contributed by atoms with Crippen molar-refractivity contribution in [2.75, 3.05) is 6.61 Å². The topological polar surface area (TPSA) is 69.6 Å². The molecule has 1 amide bonds. The summed E-state index contributed by atoms with van der Waals surface area (Å²) in [6, 6.07) is -0.641. The zero-order valence-electron chi connectivity index (χ0n) is 38.2. The van der Waals surface area contributed by atoms with Gasteiger partial charge >= 0.3 is 0 Å². The maximum atomic E-state index is 12.4. The number of carbonyl (C=O) groups is 1. The van der Waals surface area contributed by atoms with E-state index in [0.29, 0.717) is 6.42 Å². The van der Waals surface area contributed by atoms with E-state index in [9.17, 15) is 15.0 Å². The lowest BCUT2D eigenvalue weighted by Gasteiger charge is -2.20. The molecule has 0 bridgehead atoms. The van der Waals surface area contributed by atoms with Gasteiger partial charge in [0.1, 0.15) is 0 Å². The number of nitrogens with one attached hydrogen (secondary N) is 1. The first-order valence-corrected chi connectivity index (χ1v) is 24.2. The van der Waals surface area contributed by atoms with Gasteiger partial charge < -0.3 is 15.5 Å². The van der Waals surface area contributed by atoms with Crippen LogP contribution in [-0.2, 0) is 4.79 Å². The van der Waals surface area contributed by atoms with Crippen molar-refractivity contribution in [3.05, 3.63) is 122 Å². The zero-order valence-corrected chi connectivity index (χ0v) is 38.2. The van der Waals surface area contributed by atoms with E-state index in [-0.39, 0.29) is 12.5 Å². The molecule has 0 fully saturated rings. The van der Waals surface area contributed by atoms with Gasteiger partial charge in [-0.2, -0.15) is 0 Å². The molecule has 3 N–H and O–H groups in total. The number of rotatable bonds is 42. The van der Waals surface area contributed by atoms with Crippen molar-refractivity contribution < 1.29 is 15.0 Å². The summed E-state index contributed by atoms with van der Waals surface area (Å²) < 4.78 is 0. The van der Waals surface area contributed by atoms with Crippen LogP contribution in [0.4, 0.5) is 0 Å². The second kappa shape index (κ2) is 49.2. The highest BCUT2D eigenvalue weighted by Crippen LogP contribution is 2.13. The highest BCUT2D eigenvalue weighted by molar-refractivity contribution is 5.76. The van der Waals surface area contributed by atoms with Gasteiger partial charge in [0.2, 0.25) is 5.91 Å². The van der Waals surface area contributed by atoms with Gasteiger partial charge in [0.15, 0.2) is 0 Å². The Kier molecular flexibility index (Phi) is 46.5. The van der Waals surface area contributed by atoms with Gasteiger partial charge in [-0.15, -0.1) is 0 Å². The monoisotopic (exact) mass is 814 g/mol. The molecule has 4 nitrogen and oxygen atoms in total. The molecule has 0 aromatic heterocycles. The number of aliphatic hydroxyl groups excluding tert-OH is 2. The Morgan fingerprint density at radius 1 is 0.424 bits per heavy atom. The molecule has 59 heavy (non-hydrogen) atoms. The van der Waals surface area contributed by atoms with E-state index in [2.05, 4.69) is 129 Å². The van der Waals surface area contributed by atoms with Crippen molar-refractivity contribution in [2.24, 2.45) is 0 Å². The minimum Gasteiger partial charge on any atom is -0.394 e. The average Bonchev–Trinajstić information content (AvgIpc) is 3.24. The Balaban J connectivity index is 3.70. The zero-order chi connectivity index (χ0) is 42.8. The normalized spacial score (nSPS) is 14.0. The van der Waals surface area contributed by atoms with Crippen LogP contribution in [0.15, 0.2) is 122 Å². The van der Waals surface area contributed by atoms with Crippen molar-refractivity contribution in [2.45, 2.75) is 212 Å². The predicted octanol–water partition coefficient (Wildman–Crippen LogP) is 15.7. The van der Waals surface area contributed by atoms with Crippen molar-refractivity contribution in [3.8, 4) is 0 Å². The van der Waals surface area contributed by atoms with Crippen LogP contribution in [0, 0.1) is 0 Å². The van der Waals surface area contributed by atoms with Gasteiger partial charge in [-0.1, -0.05) is 225 Å². The van der Waals surface area contributed by atoms with Crippen LogP contribution in [0.1, 0.15) is 200 Å². The highest BCUT2D eigenvalue weighted by atomic mass is 16.3. The molecule has 0 aliphatic carbocycles. The highest BCUT2D eigenvalue weighted by Gasteiger charge is 2.17. The number of aliphatic hydroxyl groups is 2. The summed E-state index contributed by atoms with van der Waals surface area (Å²) in [5, 5.41) is 23.0. The summed E-state index contributed by atoms with van der Waals surface area (Å²) in [4.78, 5) is 12.4. The predicted molar refractivity (Wildman–Crippen MR) is 262 cm³/mol. The molecule has 0 radical (unpaired) electrons. The lowest BCUT2D eigenvalue weighted by atomic mass is 10.0. The third kappa shape index (κ3) is 45.7. The fourth-order valence-electron chi connectivity index (χ4n) is 6.52. The summed E-state index contributed by atoms with van der Waals surface area (Å²) in [6.45, 7) is 4.17. The van der Waals surface area contributed by atoms with Crippen molar-refractivity contribution >= 4 is 5.91 Å². The van der Waals surface area contributed by atoms with E-state index in [0.717, 1.165) is 96.3 Å². The molecule has 0 spiro atoms. The maximum absolute atomic E-state index is 12.4. The largest absolute Gasteiger partial charge is 0.394 e. The number of hydrogen-bond donors (Lipinski definition) is 3. The maximum Gasteiger partial charge on any atom is 0.220 e. The minimum atomic E-state index is -0.855. The molecule has 0 aromatic rings. The van der Waals surface area contributed by atoms with Gasteiger partial charge in [0.25, 0.3) is 0 Å². The Hall–Kier alpha value is -3.21. The van der Waals surface area contributed by atoms with Crippen LogP contribution in [0.25, 0.3) is 0 Å². The SMILES string of the molecule is CC/C=C\C/C=C\C/C=C\C/C=C\C/C=C\C/C=C\C/C=C\C/C=C\C/C=C\CCCCCCCC(=O)NC(CO)C(O)/C=C/CCCCCCCCCCCCCC. The minimum absolute atomic E-state index is 0.0891. The summed E-state index contributed by atoms with van der Waals surface area (Å²) >= 11 is 0. The number of carbonyl (C=O) groups excluding carboxylic acids is 1. The Morgan fingerprint density at radius 2 is 0.746 bits per heavy atom. The van der Waals surface area contributed by atoms with E-state index in [1.54, 1.807) is 6.08 Å². The first-order chi connectivity index (χ1) is 29.2. The summed E-state index contributed by atoms with van der Waals surface area (Å²) in [7, 11) is 0. The Bertz CT molecular complexity index is 1200. The Morgan fingerprint density at radius 3 is 1.12 bits per heavy atom. The smallest absolute Gasteiger partial charge is 0.220 e. The van der Waals surface area contributed by atoms with Crippen molar-refractivity contribution in [3.63, 3.8) is 0 Å². The molecule has 0 aliphatic heterocycles. The van der Waals surface area contributed by atoms with Gasteiger partial charge in [0, 0.05) is 6.42 Å². The number of hydrogen-bond acceptors (Lipinski definition) is 3. The standard InChI is InChI=1S/C55H91NO3/c1-3-5-7-9-11-13-15-17-19-20-21-22-23-24-25-26-27-28-29-30-31-32-33-34-35-36-37-39-41-43-45-47-49-51-55(59)56-53(52-57)54(58)50-48-46-44-42-40-38-18-16-14-12-10-8-6-4-2/h5,7,11,13,17,19,21-22,24-25,27-28,30-31,33-34,36-37,48,50,53-54,57-58H,3-4,6,8-10,12,14-16,18,20,23,26,29,32,35,38-47,49,51-52H2,1-2H3,(H,56,59)/b7-5-,13-11-,19-17-,22-21-,25-24-,28-27-,31-30-,34-33-,37-36-,50-48+. The van der Waals surface area contributed by atoms with Crippen LogP contribution in [0.3, 0.4) is 0 Å². The van der Waals surface area contributed by atoms with Crippen LogP contribution in [0.2, 0.25) is 0 Å². The first-order valence-electron chi connectivity index (χ1n) is 24.2. The summed E-state index contributed by atoms with van der Waals surface area (Å²) in [5.74, 6) is -0.0891. The molecule has 0 rings (SSSR count). The van der Waals surface area contributed by atoms with E-state index >= 15 is 0 Å². The van der Waals surface area contributed by atoms with E-state index in [4.69, 9.17) is 0 Å². The van der Waals surface area contributed by atoms with Crippen LogP contribution in [0.5, 0.6) is 0 Å². The molecular weight excluding hydrogens is 723 g/mol. The second-order valence-corrected chi connectivity index (χ2v) is 15.8. The third-order valence-electron chi connectivity index (χ3n) is 10.2. The molecule has 0 saturated heterocycles. The number of unbranched alkanes of at least 4 members (excludes halogenated alkanes) is 17. The van der Waals surface area contributed by atoms with Crippen LogP contribution < -0.4 is 5.32 Å². The lowest BCUT2D eigenvalue weighted by Crippen LogP contribution is -2.45. The van der Waals surface area contributed by atoms with Gasteiger partial charge in [0.05, 0.1) is 18.8 Å². The molecule has 0 aromatic carbocycles. The molecule has 2 unspecified atom stereocenters. The van der Waals surface area contributed by atoms with Crippen LogP contribution >= 0.6 is 0 Å². The summed E-state index contributed by atoms with van der Waals surface area (Å²) in [6.07, 6.45) is 76.0. The van der Waals surface area contributed by atoms with Gasteiger partial charge in [-0.05, 0) is 89.9 Å². The van der Waals surface area contributed by atoms with E-state index in [1.807, 2.05) is 6.08 Å². The second-order valence-electron chi connectivity index (χ2n) is 15.8. The molecule has 0 aliphatic rings. The molecule has 2 atom stereocenters. The van der Waals surface area contributed by atoms with Crippen molar-refractivity contribution in [1.82, 2.24) is 5.32 Å². The average molecular weight is 814 g/mol. The van der Waals surface area contributed by atoms with Gasteiger partial charge in [-0.3, -0.25) is 4.79 Å².